The Morgan fingerprint density at radius 2 is 1.70 bits per heavy atom. The third-order valence-electron chi connectivity index (χ3n) is 5.96. The molecule has 0 saturated heterocycles. The van der Waals surface area contributed by atoms with Crippen molar-refractivity contribution in [3.8, 4) is 5.75 Å². The van der Waals surface area contributed by atoms with E-state index in [2.05, 4.69) is 53.8 Å². The summed E-state index contributed by atoms with van der Waals surface area (Å²) < 4.78 is 17.2. The van der Waals surface area contributed by atoms with Gasteiger partial charge in [0, 0.05) is 13.0 Å². The summed E-state index contributed by atoms with van der Waals surface area (Å²) in [6, 6.07) is 7.71. The largest absolute Gasteiger partial charge is 0.497 e. The van der Waals surface area contributed by atoms with Crippen molar-refractivity contribution in [3.63, 3.8) is 0 Å². The van der Waals surface area contributed by atoms with Crippen LogP contribution in [0.5, 0.6) is 5.75 Å². The lowest BCUT2D eigenvalue weighted by Crippen LogP contribution is -2.41. The van der Waals surface area contributed by atoms with Gasteiger partial charge in [0.25, 0.3) is 0 Å². The van der Waals surface area contributed by atoms with Crippen LogP contribution in [0.2, 0.25) is 18.1 Å². The molecule has 0 amide bonds. The molecule has 0 heterocycles. The number of benzene rings is 1. The van der Waals surface area contributed by atoms with Crippen molar-refractivity contribution in [1.29, 1.82) is 0 Å². The predicted molar refractivity (Wildman–Crippen MR) is 128 cm³/mol. The lowest BCUT2D eigenvalue weighted by atomic mass is 10.0. The van der Waals surface area contributed by atoms with Gasteiger partial charge in [-0.05, 0) is 62.0 Å². The van der Waals surface area contributed by atoms with E-state index in [1.165, 1.54) is 5.57 Å². The molecule has 4 nitrogen and oxygen atoms in total. The molecule has 2 atom stereocenters. The Hall–Kier alpha value is -1.43. The standard InChI is InChI=1S/C25H42O4Si/c1-19(16-20(2)17-29-30(8,9)25(4,5)6)10-15-24(26)21(3)28-18-22-11-13-23(27-7)14-12-22/h11-14,16,20-21H,10,15,17-18H2,1-9H3/b19-16+/t20-,21+/m1/s1. The quantitative estimate of drug-likeness (QED) is 0.276. The summed E-state index contributed by atoms with van der Waals surface area (Å²) in [6.45, 7) is 18.6. The molecular formula is C25H42O4Si. The summed E-state index contributed by atoms with van der Waals surface area (Å²) in [5.41, 5.74) is 2.26. The second-order valence-electron chi connectivity index (χ2n) is 9.83. The number of Topliss-reactive ketones (excluding diaryl/α,β-unsaturated/α-hetero) is 1. The van der Waals surface area contributed by atoms with E-state index in [0.29, 0.717) is 18.9 Å². The van der Waals surface area contributed by atoms with Crippen molar-refractivity contribution in [2.75, 3.05) is 13.7 Å². The van der Waals surface area contributed by atoms with Crippen LogP contribution in [0.4, 0.5) is 0 Å². The van der Waals surface area contributed by atoms with E-state index >= 15 is 0 Å². The van der Waals surface area contributed by atoms with Gasteiger partial charge in [0.15, 0.2) is 14.1 Å². The third kappa shape index (κ3) is 9.15. The maximum absolute atomic E-state index is 12.4. The van der Waals surface area contributed by atoms with E-state index in [9.17, 15) is 4.79 Å². The van der Waals surface area contributed by atoms with Gasteiger partial charge in [-0.3, -0.25) is 4.79 Å². The molecule has 0 aliphatic rings. The van der Waals surface area contributed by atoms with Crippen molar-refractivity contribution in [3.05, 3.63) is 41.5 Å². The number of allylic oxidation sites excluding steroid dienone is 1. The molecule has 0 fully saturated rings. The van der Waals surface area contributed by atoms with Gasteiger partial charge in [0.2, 0.25) is 0 Å². The molecule has 5 heteroatoms. The molecular weight excluding hydrogens is 392 g/mol. The van der Waals surface area contributed by atoms with Crippen molar-refractivity contribution in [2.24, 2.45) is 5.92 Å². The summed E-state index contributed by atoms with van der Waals surface area (Å²) >= 11 is 0. The van der Waals surface area contributed by atoms with E-state index in [-0.39, 0.29) is 10.8 Å². The topological polar surface area (TPSA) is 44.8 Å². The van der Waals surface area contributed by atoms with Gasteiger partial charge in [-0.15, -0.1) is 0 Å². The van der Waals surface area contributed by atoms with Crippen LogP contribution < -0.4 is 4.74 Å². The molecule has 0 aliphatic heterocycles. The molecule has 0 spiro atoms. The van der Waals surface area contributed by atoms with Gasteiger partial charge < -0.3 is 13.9 Å². The fourth-order valence-electron chi connectivity index (χ4n) is 2.73. The second kappa shape index (κ2) is 11.8. The highest BCUT2D eigenvalue weighted by Crippen LogP contribution is 2.36. The van der Waals surface area contributed by atoms with Gasteiger partial charge in [-0.25, -0.2) is 0 Å². The fourth-order valence-corrected chi connectivity index (χ4v) is 3.85. The minimum Gasteiger partial charge on any atom is -0.497 e. The lowest BCUT2D eigenvalue weighted by molar-refractivity contribution is -0.130. The van der Waals surface area contributed by atoms with Crippen molar-refractivity contribution < 1.29 is 18.7 Å². The first-order chi connectivity index (χ1) is 13.9. The smallest absolute Gasteiger partial charge is 0.192 e. The number of carbonyl (C=O) groups is 1. The number of rotatable bonds is 12. The molecule has 1 aromatic rings. The number of carbonyl (C=O) groups excluding carboxylic acids is 1. The first kappa shape index (κ1) is 26.6. The molecule has 1 rings (SSSR count). The highest BCUT2D eigenvalue weighted by molar-refractivity contribution is 6.74. The van der Waals surface area contributed by atoms with Gasteiger partial charge >= 0.3 is 0 Å². The number of ether oxygens (including phenoxy) is 2. The molecule has 0 saturated carbocycles. The molecule has 0 bridgehead atoms. The molecule has 1 aromatic carbocycles. The minimum atomic E-state index is -1.72. The zero-order valence-electron chi connectivity index (χ0n) is 20.5. The Labute approximate surface area is 185 Å². The second-order valence-corrected chi connectivity index (χ2v) is 14.6. The number of ketones is 1. The summed E-state index contributed by atoms with van der Waals surface area (Å²) in [5, 5.41) is 0.222. The predicted octanol–water partition coefficient (Wildman–Crippen LogP) is 6.55. The molecule has 170 valence electrons. The lowest BCUT2D eigenvalue weighted by Gasteiger charge is -2.36. The van der Waals surface area contributed by atoms with Crippen LogP contribution >= 0.6 is 0 Å². The Kier molecular flexibility index (Phi) is 10.5. The van der Waals surface area contributed by atoms with E-state index in [1.54, 1.807) is 7.11 Å². The minimum absolute atomic E-state index is 0.140. The highest BCUT2D eigenvalue weighted by Gasteiger charge is 2.37. The molecule has 0 radical (unpaired) electrons. The normalized spacial score (nSPS) is 15.0. The maximum atomic E-state index is 12.4. The molecule has 0 unspecified atom stereocenters. The summed E-state index contributed by atoms with van der Waals surface area (Å²) in [6.07, 6.45) is 3.10. The van der Waals surface area contributed by atoms with Crippen LogP contribution in [0.25, 0.3) is 0 Å². The Bertz CT molecular complexity index is 686. The van der Waals surface area contributed by atoms with Gasteiger partial charge in [-0.2, -0.15) is 0 Å². The molecule has 0 N–H and O–H groups in total. The monoisotopic (exact) mass is 434 g/mol. The maximum Gasteiger partial charge on any atom is 0.192 e. The van der Waals surface area contributed by atoms with Crippen LogP contribution in [0.3, 0.4) is 0 Å². The van der Waals surface area contributed by atoms with Gasteiger partial charge in [-0.1, -0.05) is 51.5 Å². The first-order valence-corrected chi connectivity index (χ1v) is 13.8. The van der Waals surface area contributed by atoms with Crippen LogP contribution in [0.15, 0.2) is 35.9 Å². The fraction of sp³-hybridized carbons (Fsp3) is 0.640. The van der Waals surface area contributed by atoms with Crippen molar-refractivity contribution >= 4 is 14.1 Å². The molecule has 0 aliphatic carbocycles. The van der Waals surface area contributed by atoms with Crippen molar-refractivity contribution in [1.82, 2.24) is 0 Å². The molecule has 0 aromatic heterocycles. The number of methoxy groups -OCH3 is 1. The van der Waals surface area contributed by atoms with Crippen LogP contribution in [-0.4, -0.2) is 33.9 Å². The Balaban J connectivity index is 2.40. The number of hydrogen-bond acceptors (Lipinski definition) is 4. The van der Waals surface area contributed by atoms with Crippen molar-refractivity contribution in [2.45, 2.75) is 85.2 Å². The number of hydrogen-bond donors (Lipinski definition) is 0. The van der Waals surface area contributed by atoms with E-state index < -0.39 is 14.4 Å². The average Bonchev–Trinajstić information content (AvgIpc) is 2.68. The zero-order chi connectivity index (χ0) is 22.9. The highest BCUT2D eigenvalue weighted by atomic mass is 28.4. The van der Waals surface area contributed by atoms with Crippen LogP contribution in [0.1, 0.15) is 59.9 Å². The van der Waals surface area contributed by atoms with Gasteiger partial charge in [0.1, 0.15) is 11.9 Å². The average molecular weight is 435 g/mol. The van der Waals surface area contributed by atoms with E-state index in [0.717, 1.165) is 24.3 Å². The van der Waals surface area contributed by atoms with Crippen LogP contribution in [0, 0.1) is 5.92 Å². The Morgan fingerprint density at radius 3 is 2.23 bits per heavy atom. The van der Waals surface area contributed by atoms with E-state index in [1.807, 2.05) is 31.2 Å². The molecule has 30 heavy (non-hydrogen) atoms. The van der Waals surface area contributed by atoms with E-state index in [4.69, 9.17) is 13.9 Å². The van der Waals surface area contributed by atoms with Crippen LogP contribution in [-0.2, 0) is 20.6 Å². The SMILES string of the molecule is COc1ccc(CO[C@@H](C)C(=O)CC/C(C)=C/[C@@H](C)CO[Si](C)(C)C(C)(C)C)cc1. The Morgan fingerprint density at radius 1 is 1.10 bits per heavy atom. The summed E-state index contributed by atoms with van der Waals surface area (Å²) in [4.78, 5) is 12.4. The summed E-state index contributed by atoms with van der Waals surface area (Å²) in [5.74, 6) is 1.30. The summed E-state index contributed by atoms with van der Waals surface area (Å²) in [7, 11) is -0.0759. The third-order valence-corrected chi connectivity index (χ3v) is 10.5. The zero-order valence-corrected chi connectivity index (χ0v) is 21.5. The first-order valence-electron chi connectivity index (χ1n) is 10.9. The van der Waals surface area contributed by atoms with Gasteiger partial charge in [0.05, 0.1) is 13.7 Å².